The van der Waals surface area contributed by atoms with Crippen LogP contribution >= 0.6 is 0 Å². The fourth-order valence-electron chi connectivity index (χ4n) is 2.81. The number of carbonyl (C=O) groups is 1. The number of allylic oxidation sites excluding steroid dienone is 1. The smallest absolute Gasteiger partial charge is 0.223 e. The van der Waals surface area contributed by atoms with Crippen LogP contribution in [0, 0.1) is 0 Å². The topological polar surface area (TPSA) is 20.3 Å². The minimum Gasteiger partial charge on any atom is -0.334 e. The Balaban J connectivity index is 1.95. The summed E-state index contributed by atoms with van der Waals surface area (Å²) in [7, 11) is -1.13. The Morgan fingerprint density at radius 3 is 1.85 bits per heavy atom. The lowest BCUT2D eigenvalue weighted by molar-refractivity contribution is -0.132. The molecule has 0 N–H and O–H groups in total. The van der Waals surface area contributed by atoms with Crippen molar-refractivity contribution in [2.45, 2.75) is 52.0 Å². The highest BCUT2D eigenvalue weighted by Gasteiger charge is 2.14. The van der Waals surface area contributed by atoms with Crippen molar-refractivity contribution in [2.24, 2.45) is 0 Å². The molecule has 0 aliphatic carbocycles. The molecule has 138 valence electrons. The number of rotatable bonds is 9. The average molecular weight is 366 g/mol. The van der Waals surface area contributed by atoms with E-state index in [0.717, 1.165) is 12.8 Å². The van der Waals surface area contributed by atoms with Crippen LogP contribution in [-0.2, 0) is 17.9 Å². The Morgan fingerprint density at radius 1 is 0.885 bits per heavy atom. The van der Waals surface area contributed by atoms with Crippen LogP contribution in [0.3, 0.4) is 0 Å². The first-order valence-corrected chi connectivity index (χ1v) is 13.0. The zero-order chi connectivity index (χ0) is 18.8. The predicted octanol–water partition coefficient (Wildman–Crippen LogP) is 5.82. The zero-order valence-corrected chi connectivity index (χ0v) is 17.3. The summed E-state index contributed by atoms with van der Waals surface area (Å²) in [5.41, 5.74) is 4.72. The first-order valence-electron chi connectivity index (χ1n) is 9.47. The van der Waals surface area contributed by atoms with Crippen molar-refractivity contribution in [1.82, 2.24) is 4.90 Å². The molecular weight excluding hydrogens is 334 g/mol. The summed E-state index contributed by atoms with van der Waals surface area (Å²) in [6.07, 6.45) is 4.77. The molecule has 0 aromatic heterocycles. The van der Waals surface area contributed by atoms with Gasteiger partial charge in [0, 0.05) is 19.5 Å². The van der Waals surface area contributed by atoms with E-state index in [2.05, 4.69) is 55.7 Å². The van der Waals surface area contributed by atoms with Gasteiger partial charge >= 0.3 is 0 Å². The number of nitrogens with zero attached hydrogens (tertiary/aromatic N) is 1. The van der Waals surface area contributed by atoms with E-state index in [1.807, 2.05) is 41.3 Å². The SMILES string of the molecule is C[Si](C)(C)/C=C/CCCC(=O)N(Cc1ccccc1)Cc1ccccc1. The van der Waals surface area contributed by atoms with Gasteiger partial charge in [0.05, 0.1) is 8.07 Å². The van der Waals surface area contributed by atoms with Gasteiger partial charge in [-0.1, -0.05) is 92.1 Å². The van der Waals surface area contributed by atoms with E-state index >= 15 is 0 Å². The monoisotopic (exact) mass is 365 g/mol. The number of unbranched alkanes of at least 4 members (excludes halogenated alkanes) is 1. The molecule has 0 saturated heterocycles. The largest absolute Gasteiger partial charge is 0.334 e. The molecule has 0 saturated carbocycles. The molecule has 0 heterocycles. The van der Waals surface area contributed by atoms with Gasteiger partial charge in [0.1, 0.15) is 0 Å². The number of hydrogen-bond acceptors (Lipinski definition) is 1. The normalized spacial score (nSPS) is 11.7. The number of carbonyl (C=O) groups excluding carboxylic acids is 1. The molecule has 3 heteroatoms. The van der Waals surface area contributed by atoms with Crippen molar-refractivity contribution in [3.05, 3.63) is 83.6 Å². The summed E-state index contributed by atoms with van der Waals surface area (Å²) in [5.74, 6) is 0.235. The zero-order valence-electron chi connectivity index (χ0n) is 16.3. The standard InChI is InChI=1S/C23H31NOSi/c1-26(2,3)18-12-6-11-17-23(25)24(19-21-13-7-4-8-14-21)20-22-15-9-5-10-16-22/h4-5,7-10,12-16,18H,6,11,17,19-20H2,1-3H3/b18-12+. The van der Waals surface area contributed by atoms with Gasteiger partial charge in [-0.2, -0.15) is 0 Å². The highest BCUT2D eigenvalue weighted by Crippen LogP contribution is 2.13. The van der Waals surface area contributed by atoms with Gasteiger partial charge in [0.25, 0.3) is 0 Å². The van der Waals surface area contributed by atoms with Crippen LogP contribution in [0.15, 0.2) is 72.4 Å². The van der Waals surface area contributed by atoms with Crippen LogP contribution in [0.1, 0.15) is 30.4 Å². The quantitative estimate of drug-likeness (QED) is 0.405. The highest BCUT2D eigenvalue weighted by atomic mass is 28.3. The summed E-state index contributed by atoms with van der Waals surface area (Å²) in [5, 5.41) is 0. The van der Waals surface area contributed by atoms with Gasteiger partial charge in [-0.15, -0.1) is 0 Å². The molecule has 2 rings (SSSR count). The van der Waals surface area contributed by atoms with Gasteiger partial charge in [0.2, 0.25) is 5.91 Å². The van der Waals surface area contributed by atoms with Gasteiger partial charge in [-0.25, -0.2) is 0 Å². The Kier molecular flexibility index (Phi) is 7.86. The Bertz CT molecular complexity index is 648. The van der Waals surface area contributed by atoms with Gasteiger partial charge in [-0.05, 0) is 24.0 Å². The molecule has 0 radical (unpaired) electrons. The first kappa shape index (κ1) is 20.2. The van der Waals surface area contributed by atoms with E-state index in [9.17, 15) is 4.79 Å². The lowest BCUT2D eigenvalue weighted by atomic mass is 10.1. The lowest BCUT2D eigenvalue weighted by Gasteiger charge is -2.23. The summed E-state index contributed by atoms with van der Waals surface area (Å²) in [4.78, 5) is 14.8. The molecular formula is C23H31NOSi. The maximum Gasteiger partial charge on any atom is 0.223 e. The molecule has 1 amide bonds. The van der Waals surface area contributed by atoms with E-state index in [-0.39, 0.29) is 5.91 Å². The van der Waals surface area contributed by atoms with E-state index < -0.39 is 8.07 Å². The van der Waals surface area contributed by atoms with E-state index in [4.69, 9.17) is 0 Å². The van der Waals surface area contributed by atoms with Crippen LogP contribution < -0.4 is 0 Å². The Morgan fingerprint density at radius 2 is 1.38 bits per heavy atom. The lowest BCUT2D eigenvalue weighted by Crippen LogP contribution is -2.29. The fraction of sp³-hybridized carbons (Fsp3) is 0.348. The molecule has 0 bridgehead atoms. The molecule has 0 unspecified atom stereocenters. The first-order chi connectivity index (χ1) is 12.4. The van der Waals surface area contributed by atoms with Crippen LogP contribution in [0.4, 0.5) is 0 Å². The molecule has 0 atom stereocenters. The van der Waals surface area contributed by atoms with E-state index in [0.29, 0.717) is 19.5 Å². The van der Waals surface area contributed by atoms with Crippen molar-refractivity contribution in [3.63, 3.8) is 0 Å². The second kappa shape index (κ2) is 10.1. The number of amides is 1. The third-order valence-electron chi connectivity index (χ3n) is 4.16. The van der Waals surface area contributed by atoms with Crippen LogP contribution in [0.25, 0.3) is 0 Å². The second-order valence-corrected chi connectivity index (χ2v) is 12.9. The minimum absolute atomic E-state index is 0.235. The average Bonchev–Trinajstić information content (AvgIpc) is 2.61. The molecule has 0 fully saturated rings. The number of benzene rings is 2. The molecule has 0 aliphatic heterocycles. The van der Waals surface area contributed by atoms with Gasteiger partial charge in [-0.3, -0.25) is 4.79 Å². The van der Waals surface area contributed by atoms with Crippen molar-refractivity contribution in [2.75, 3.05) is 0 Å². The summed E-state index contributed by atoms with van der Waals surface area (Å²) >= 11 is 0. The molecule has 26 heavy (non-hydrogen) atoms. The number of hydrogen-bond donors (Lipinski definition) is 0. The predicted molar refractivity (Wildman–Crippen MR) is 113 cm³/mol. The van der Waals surface area contributed by atoms with Crippen molar-refractivity contribution >= 4 is 14.0 Å². The Labute approximate surface area is 159 Å². The highest BCUT2D eigenvalue weighted by molar-refractivity contribution is 6.80. The van der Waals surface area contributed by atoms with Gasteiger partial charge < -0.3 is 4.90 Å². The van der Waals surface area contributed by atoms with Crippen molar-refractivity contribution in [3.8, 4) is 0 Å². The second-order valence-electron chi connectivity index (χ2n) is 7.88. The summed E-state index contributed by atoms with van der Waals surface area (Å²) < 4.78 is 0. The molecule has 0 aliphatic rings. The summed E-state index contributed by atoms with van der Waals surface area (Å²) in [6, 6.07) is 20.5. The third kappa shape index (κ3) is 7.83. The molecule has 2 aromatic rings. The van der Waals surface area contributed by atoms with Crippen LogP contribution in [0.5, 0.6) is 0 Å². The van der Waals surface area contributed by atoms with E-state index in [1.165, 1.54) is 11.1 Å². The molecule has 2 nitrogen and oxygen atoms in total. The van der Waals surface area contributed by atoms with Gasteiger partial charge in [0.15, 0.2) is 0 Å². The van der Waals surface area contributed by atoms with E-state index in [1.54, 1.807) is 0 Å². The van der Waals surface area contributed by atoms with Crippen LogP contribution in [-0.4, -0.2) is 18.9 Å². The van der Waals surface area contributed by atoms with Crippen LogP contribution in [0.2, 0.25) is 19.6 Å². The maximum absolute atomic E-state index is 12.8. The molecule has 0 spiro atoms. The van der Waals surface area contributed by atoms with Crippen molar-refractivity contribution in [1.29, 1.82) is 0 Å². The minimum atomic E-state index is -1.13. The van der Waals surface area contributed by atoms with Crippen molar-refractivity contribution < 1.29 is 4.79 Å². The Hall–Kier alpha value is -2.13. The molecule has 2 aromatic carbocycles. The fourth-order valence-corrected chi connectivity index (χ4v) is 3.68. The summed E-state index contributed by atoms with van der Waals surface area (Å²) in [6.45, 7) is 8.32. The third-order valence-corrected chi connectivity index (χ3v) is 5.40. The maximum atomic E-state index is 12.8.